The summed E-state index contributed by atoms with van der Waals surface area (Å²) >= 11 is 0. The zero-order chi connectivity index (χ0) is 13.3. The highest BCUT2D eigenvalue weighted by Crippen LogP contribution is 2.51. The summed E-state index contributed by atoms with van der Waals surface area (Å²) in [7, 11) is 0. The van der Waals surface area contributed by atoms with E-state index >= 15 is 0 Å². The highest BCUT2D eigenvalue weighted by atomic mass is 16.5. The van der Waals surface area contributed by atoms with Gasteiger partial charge in [0.25, 0.3) is 0 Å². The molecule has 0 N–H and O–H groups in total. The van der Waals surface area contributed by atoms with Gasteiger partial charge >= 0.3 is 0 Å². The van der Waals surface area contributed by atoms with Gasteiger partial charge in [-0.25, -0.2) is 0 Å². The summed E-state index contributed by atoms with van der Waals surface area (Å²) in [5.74, 6) is 1.59. The molecule has 2 saturated heterocycles. The van der Waals surface area contributed by atoms with E-state index in [4.69, 9.17) is 4.74 Å². The van der Waals surface area contributed by atoms with Gasteiger partial charge in [-0.05, 0) is 56.3 Å². The highest BCUT2D eigenvalue weighted by molar-refractivity contribution is 5.79. The van der Waals surface area contributed by atoms with Crippen molar-refractivity contribution in [1.82, 2.24) is 4.90 Å². The van der Waals surface area contributed by atoms with Crippen LogP contribution in [-0.2, 0) is 9.53 Å². The molecule has 3 nitrogen and oxygen atoms in total. The Bertz CT molecular complexity index is 322. The SMILES string of the molecule is CC1(C2CC2)CCN(C(=O)C2CCCOCC2)CC1. The van der Waals surface area contributed by atoms with E-state index in [1.807, 2.05) is 0 Å². The molecular weight excluding hydrogens is 238 g/mol. The van der Waals surface area contributed by atoms with E-state index in [0.717, 1.165) is 51.5 Å². The standard InChI is InChI=1S/C16H27NO2/c1-16(14-4-5-14)7-9-17(10-8-16)15(18)13-3-2-11-19-12-6-13/h13-14H,2-12H2,1H3. The van der Waals surface area contributed by atoms with Gasteiger partial charge in [-0.1, -0.05) is 6.92 Å². The molecule has 1 amide bonds. The van der Waals surface area contributed by atoms with Crippen LogP contribution in [0.25, 0.3) is 0 Å². The summed E-state index contributed by atoms with van der Waals surface area (Å²) in [5.41, 5.74) is 0.531. The molecule has 3 rings (SSSR count). The lowest BCUT2D eigenvalue weighted by molar-refractivity contribution is -0.138. The molecule has 2 heterocycles. The maximum Gasteiger partial charge on any atom is 0.225 e. The van der Waals surface area contributed by atoms with Crippen molar-refractivity contribution in [1.29, 1.82) is 0 Å². The third-order valence-electron chi connectivity index (χ3n) is 5.58. The number of hydrogen-bond donors (Lipinski definition) is 0. The first-order chi connectivity index (χ1) is 9.19. The quantitative estimate of drug-likeness (QED) is 0.768. The predicted octanol–water partition coefficient (Wildman–Crippen LogP) is 2.84. The lowest BCUT2D eigenvalue weighted by Gasteiger charge is -2.40. The van der Waals surface area contributed by atoms with E-state index in [1.54, 1.807) is 0 Å². The first-order valence-corrected chi connectivity index (χ1v) is 8.05. The Balaban J connectivity index is 1.53. The number of rotatable bonds is 2. The van der Waals surface area contributed by atoms with Crippen LogP contribution in [0.5, 0.6) is 0 Å². The van der Waals surface area contributed by atoms with Crippen LogP contribution >= 0.6 is 0 Å². The lowest BCUT2D eigenvalue weighted by Crippen LogP contribution is -2.45. The molecular formula is C16H27NO2. The molecule has 0 radical (unpaired) electrons. The number of carbonyl (C=O) groups excluding carboxylic acids is 1. The van der Waals surface area contributed by atoms with Gasteiger partial charge in [-0.15, -0.1) is 0 Å². The van der Waals surface area contributed by atoms with Gasteiger partial charge in [0.05, 0.1) is 0 Å². The first kappa shape index (κ1) is 13.4. The van der Waals surface area contributed by atoms with Crippen LogP contribution < -0.4 is 0 Å². The molecule has 3 heteroatoms. The van der Waals surface area contributed by atoms with Crippen molar-refractivity contribution >= 4 is 5.91 Å². The molecule has 0 aromatic carbocycles. The second kappa shape index (κ2) is 5.43. The van der Waals surface area contributed by atoms with Crippen molar-refractivity contribution in [2.45, 2.75) is 51.9 Å². The molecule has 1 aliphatic carbocycles. The summed E-state index contributed by atoms with van der Waals surface area (Å²) in [6.07, 6.45) is 8.27. The predicted molar refractivity (Wildman–Crippen MR) is 74.8 cm³/mol. The van der Waals surface area contributed by atoms with Crippen LogP contribution in [-0.4, -0.2) is 37.1 Å². The number of piperidine rings is 1. The van der Waals surface area contributed by atoms with Crippen molar-refractivity contribution in [3.8, 4) is 0 Å². The van der Waals surface area contributed by atoms with Gasteiger partial charge in [0.2, 0.25) is 5.91 Å². The van der Waals surface area contributed by atoms with Gasteiger partial charge in [0.1, 0.15) is 0 Å². The van der Waals surface area contributed by atoms with Crippen molar-refractivity contribution in [3.63, 3.8) is 0 Å². The highest BCUT2D eigenvalue weighted by Gasteiger charge is 2.44. The Kier molecular flexibility index (Phi) is 3.84. The van der Waals surface area contributed by atoms with Crippen molar-refractivity contribution in [2.24, 2.45) is 17.3 Å². The van der Waals surface area contributed by atoms with Crippen LogP contribution in [0.1, 0.15) is 51.9 Å². The average molecular weight is 265 g/mol. The first-order valence-electron chi connectivity index (χ1n) is 8.05. The molecule has 1 saturated carbocycles. The molecule has 3 fully saturated rings. The van der Waals surface area contributed by atoms with Crippen LogP contribution in [0.15, 0.2) is 0 Å². The molecule has 108 valence electrons. The Hall–Kier alpha value is -0.570. The fraction of sp³-hybridized carbons (Fsp3) is 0.938. The average Bonchev–Trinajstić information content (AvgIpc) is 3.26. The monoisotopic (exact) mass is 265 g/mol. The van der Waals surface area contributed by atoms with Crippen molar-refractivity contribution in [3.05, 3.63) is 0 Å². The number of carbonyl (C=O) groups is 1. The van der Waals surface area contributed by atoms with E-state index < -0.39 is 0 Å². The summed E-state index contributed by atoms with van der Waals surface area (Å²) in [5, 5.41) is 0. The van der Waals surface area contributed by atoms with Gasteiger partial charge in [0.15, 0.2) is 0 Å². The number of ether oxygens (including phenoxy) is 1. The molecule has 2 aliphatic heterocycles. The van der Waals surface area contributed by atoms with Gasteiger partial charge in [-0.3, -0.25) is 4.79 Å². The molecule has 3 aliphatic rings. The number of amides is 1. The van der Waals surface area contributed by atoms with Crippen molar-refractivity contribution in [2.75, 3.05) is 26.3 Å². The van der Waals surface area contributed by atoms with Crippen LogP contribution in [0.2, 0.25) is 0 Å². The minimum Gasteiger partial charge on any atom is -0.381 e. The Morgan fingerprint density at radius 2 is 1.84 bits per heavy atom. The fourth-order valence-electron chi connectivity index (χ4n) is 3.84. The second-order valence-corrected chi connectivity index (χ2v) is 6.99. The zero-order valence-corrected chi connectivity index (χ0v) is 12.2. The summed E-state index contributed by atoms with van der Waals surface area (Å²) in [6, 6.07) is 0. The molecule has 0 aromatic rings. The Labute approximate surface area is 116 Å². The number of likely N-dealkylation sites (tertiary alicyclic amines) is 1. The maximum absolute atomic E-state index is 12.6. The van der Waals surface area contributed by atoms with Gasteiger partial charge in [0, 0.05) is 32.2 Å². The normalized spacial score (nSPS) is 31.8. The third kappa shape index (κ3) is 2.96. The van der Waals surface area contributed by atoms with E-state index in [-0.39, 0.29) is 5.92 Å². The molecule has 1 unspecified atom stereocenters. The third-order valence-corrected chi connectivity index (χ3v) is 5.58. The largest absolute Gasteiger partial charge is 0.381 e. The fourth-order valence-corrected chi connectivity index (χ4v) is 3.84. The Morgan fingerprint density at radius 1 is 1.11 bits per heavy atom. The van der Waals surface area contributed by atoms with E-state index in [1.165, 1.54) is 25.7 Å². The minimum atomic E-state index is 0.229. The van der Waals surface area contributed by atoms with Crippen LogP contribution in [0.4, 0.5) is 0 Å². The molecule has 0 bridgehead atoms. The lowest BCUT2D eigenvalue weighted by atomic mass is 9.76. The summed E-state index contributed by atoms with van der Waals surface area (Å²) in [4.78, 5) is 14.7. The molecule has 0 spiro atoms. The smallest absolute Gasteiger partial charge is 0.225 e. The van der Waals surface area contributed by atoms with E-state index in [0.29, 0.717) is 11.3 Å². The van der Waals surface area contributed by atoms with Crippen LogP contribution in [0.3, 0.4) is 0 Å². The summed E-state index contributed by atoms with van der Waals surface area (Å²) < 4.78 is 5.46. The summed E-state index contributed by atoms with van der Waals surface area (Å²) in [6.45, 7) is 6.02. The minimum absolute atomic E-state index is 0.229. The van der Waals surface area contributed by atoms with Crippen molar-refractivity contribution < 1.29 is 9.53 Å². The molecule has 1 atom stereocenters. The zero-order valence-electron chi connectivity index (χ0n) is 12.2. The second-order valence-electron chi connectivity index (χ2n) is 6.99. The van der Waals surface area contributed by atoms with Crippen LogP contribution in [0, 0.1) is 17.3 Å². The van der Waals surface area contributed by atoms with Gasteiger partial charge in [-0.2, -0.15) is 0 Å². The van der Waals surface area contributed by atoms with Gasteiger partial charge < -0.3 is 9.64 Å². The topological polar surface area (TPSA) is 29.5 Å². The Morgan fingerprint density at radius 3 is 2.53 bits per heavy atom. The van der Waals surface area contributed by atoms with E-state index in [2.05, 4.69) is 11.8 Å². The molecule has 0 aromatic heterocycles. The number of nitrogens with zero attached hydrogens (tertiary/aromatic N) is 1. The number of hydrogen-bond acceptors (Lipinski definition) is 2. The molecule has 19 heavy (non-hydrogen) atoms. The van der Waals surface area contributed by atoms with E-state index in [9.17, 15) is 4.79 Å². The maximum atomic E-state index is 12.6.